The Labute approximate surface area is 204 Å². The van der Waals surface area contributed by atoms with Crippen molar-refractivity contribution in [3.8, 4) is 16.9 Å². The van der Waals surface area contributed by atoms with Crippen LogP contribution >= 0.6 is 11.6 Å². The Bertz CT molecular complexity index is 1200. The van der Waals surface area contributed by atoms with Crippen molar-refractivity contribution in [1.82, 2.24) is 4.90 Å². The number of anilines is 1. The monoisotopic (exact) mass is 506 g/mol. The fourth-order valence-electron chi connectivity index (χ4n) is 4.11. The summed E-state index contributed by atoms with van der Waals surface area (Å²) in [6.07, 6.45) is -1.17. The largest absolute Gasteiger partial charge is 0.573 e. The highest BCUT2D eigenvalue weighted by molar-refractivity contribution is 6.33. The number of carbonyl (C=O) groups is 2. The highest BCUT2D eigenvalue weighted by Crippen LogP contribution is 2.38. The molecule has 10 heteroatoms. The number of ether oxygens (including phenoxy) is 1. The van der Waals surface area contributed by atoms with Crippen LogP contribution in [0.4, 0.5) is 18.9 Å². The standard InChI is InChI=1S/C25H22ClF3N2O4/c26-20-14-16(10-11-18(20)19-7-1-2-9-22(19)35-25(27,28)29)30-24(33)21-8-3-4-12-31(21)23(32)15-17-6-5-13-34-17/h1-2,5-7,9-11,13-14,21H,3-4,8,12,15H2,(H,30,33). The summed E-state index contributed by atoms with van der Waals surface area (Å²) in [5, 5.41) is 2.91. The van der Waals surface area contributed by atoms with Crippen LogP contribution in [0.25, 0.3) is 11.1 Å². The highest BCUT2D eigenvalue weighted by Gasteiger charge is 2.33. The van der Waals surface area contributed by atoms with Crippen molar-refractivity contribution in [3.05, 3.63) is 71.6 Å². The van der Waals surface area contributed by atoms with Gasteiger partial charge in [0.1, 0.15) is 17.6 Å². The molecule has 1 unspecified atom stereocenters. The molecule has 6 nitrogen and oxygen atoms in total. The van der Waals surface area contributed by atoms with Crippen LogP contribution in [0, 0.1) is 0 Å². The Morgan fingerprint density at radius 2 is 1.89 bits per heavy atom. The maximum Gasteiger partial charge on any atom is 0.573 e. The van der Waals surface area contributed by atoms with Crippen molar-refractivity contribution in [2.45, 2.75) is 38.1 Å². The summed E-state index contributed by atoms with van der Waals surface area (Å²) < 4.78 is 47.7. The van der Waals surface area contributed by atoms with E-state index < -0.39 is 12.4 Å². The fraction of sp³-hybridized carbons (Fsp3) is 0.280. The SMILES string of the molecule is O=C(Nc1ccc(-c2ccccc2OC(F)(F)F)c(Cl)c1)C1CCCCN1C(=O)Cc1ccco1. The topological polar surface area (TPSA) is 71.8 Å². The van der Waals surface area contributed by atoms with Crippen LogP contribution in [-0.2, 0) is 16.0 Å². The van der Waals surface area contributed by atoms with Crippen molar-refractivity contribution in [3.63, 3.8) is 0 Å². The zero-order valence-corrected chi connectivity index (χ0v) is 19.2. The van der Waals surface area contributed by atoms with Gasteiger partial charge in [-0.1, -0.05) is 35.9 Å². The van der Waals surface area contributed by atoms with Gasteiger partial charge in [-0.05, 0) is 49.6 Å². The van der Waals surface area contributed by atoms with E-state index in [2.05, 4.69) is 10.1 Å². The van der Waals surface area contributed by atoms with Gasteiger partial charge in [0.05, 0.1) is 17.7 Å². The molecular weight excluding hydrogens is 485 g/mol. The summed E-state index contributed by atoms with van der Waals surface area (Å²) in [6.45, 7) is 0.466. The zero-order valence-electron chi connectivity index (χ0n) is 18.5. The van der Waals surface area contributed by atoms with E-state index >= 15 is 0 Å². The lowest BCUT2D eigenvalue weighted by atomic mass is 10.00. The van der Waals surface area contributed by atoms with Gasteiger partial charge < -0.3 is 19.4 Å². The molecule has 1 N–H and O–H groups in total. The predicted octanol–water partition coefficient (Wildman–Crippen LogP) is 6.06. The lowest BCUT2D eigenvalue weighted by Gasteiger charge is -2.34. The molecule has 35 heavy (non-hydrogen) atoms. The second kappa shape index (κ2) is 10.4. The minimum Gasteiger partial charge on any atom is -0.469 e. The van der Waals surface area contributed by atoms with Gasteiger partial charge >= 0.3 is 6.36 Å². The van der Waals surface area contributed by atoms with Crippen LogP contribution < -0.4 is 10.1 Å². The summed E-state index contributed by atoms with van der Waals surface area (Å²) in [5.74, 6) is -0.417. The average Bonchev–Trinajstić information content (AvgIpc) is 3.32. The number of alkyl halides is 3. The van der Waals surface area contributed by atoms with Gasteiger partial charge in [-0.25, -0.2) is 0 Å². The molecule has 1 aliphatic rings. The first kappa shape index (κ1) is 24.7. The Hall–Kier alpha value is -3.46. The lowest BCUT2D eigenvalue weighted by molar-refractivity contribution is -0.274. The summed E-state index contributed by atoms with van der Waals surface area (Å²) in [4.78, 5) is 27.4. The molecule has 0 spiro atoms. The van der Waals surface area contributed by atoms with E-state index in [1.165, 1.54) is 36.6 Å². The normalized spacial score (nSPS) is 16.1. The molecule has 2 heterocycles. The smallest absolute Gasteiger partial charge is 0.469 e. The third-order valence-corrected chi connectivity index (χ3v) is 5.98. The second-order valence-corrected chi connectivity index (χ2v) is 8.49. The zero-order chi connectivity index (χ0) is 25.0. The Morgan fingerprint density at radius 1 is 1.09 bits per heavy atom. The number of amides is 2. The number of rotatable bonds is 6. The predicted molar refractivity (Wildman–Crippen MR) is 124 cm³/mol. The summed E-state index contributed by atoms with van der Waals surface area (Å²) in [7, 11) is 0. The van der Waals surface area contributed by atoms with Gasteiger partial charge in [0.2, 0.25) is 11.8 Å². The number of nitrogens with one attached hydrogen (secondary N) is 1. The molecule has 1 saturated heterocycles. The van der Waals surface area contributed by atoms with Gasteiger partial charge in [0, 0.05) is 23.4 Å². The molecule has 2 amide bonds. The number of hydrogen-bond acceptors (Lipinski definition) is 4. The molecule has 2 aromatic carbocycles. The van der Waals surface area contributed by atoms with Gasteiger partial charge in [-0.15, -0.1) is 13.2 Å². The van der Waals surface area contributed by atoms with Crippen LogP contribution in [0.2, 0.25) is 5.02 Å². The van der Waals surface area contributed by atoms with Crippen LogP contribution in [0.15, 0.2) is 65.3 Å². The average molecular weight is 507 g/mol. The van der Waals surface area contributed by atoms with Crippen LogP contribution in [-0.4, -0.2) is 35.7 Å². The number of likely N-dealkylation sites (tertiary alicyclic amines) is 1. The maximum atomic E-state index is 13.0. The Morgan fingerprint density at radius 3 is 2.60 bits per heavy atom. The number of carbonyl (C=O) groups excluding carboxylic acids is 2. The molecule has 0 bridgehead atoms. The van der Waals surface area contributed by atoms with Crippen molar-refractivity contribution < 1.29 is 31.9 Å². The van der Waals surface area contributed by atoms with Crippen molar-refractivity contribution in [2.24, 2.45) is 0 Å². The van der Waals surface area contributed by atoms with Gasteiger partial charge in [0.25, 0.3) is 0 Å². The first-order chi connectivity index (χ1) is 16.7. The van der Waals surface area contributed by atoms with Crippen molar-refractivity contribution in [1.29, 1.82) is 0 Å². The van der Waals surface area contributed by atoms with Crippen LogP contribution in [0.5, 0.6) is 5.75 Å². The molecule has 0 saturated carbocycles. The molecule has 1 aromatic heterocycles. The summed E-state index contributed by atoms with van der Waals surface area (Å²) >= 11 is 6.37. The van der Waals surface area contributed by atoms with E-state index in [-0.39, 0.29) is 34.6 Å². The van der Waals surface area contributed by atoms with E-state index in [0.717, 1.165) is 12.8 Å². The minimum absolute atomic E-state index is 0.0662. The molecule has 184 valence electrons. The van der Waals surface area contributed by atoms with E-state index in [9.17, 15) is 22.8 Å². The molecular formula is C25H22ClF3N2O4. The third-order valence-electron chi connectivity index (χ3n) is 5.67. The Balaban J connectivity index is 1.49. The highest BCUT2D eigenvalue weighted by atomic mass is 35.5. The second-order valence-electron chi connectivity index (χ2n) is 8.08. The quantitative estimate of drug-likeness (QED) is 0.441. The molecule has 3 aromatic rings. The minimum atomic E-state index is -4.85. The molecule has 0 aliphatic carbocycles. The van der Waals surface area contributed by atoms with Crippen molar-refractivity contribution >= 4 is 29.1 Å². The van der Waals surface area contributed by atoms with E-state index in [1.807, 2.05) is 0 Å². The molecule has 0 radical (unpaired) electrons. The van der Waals surface area contributed by atoms with Gasteiger partial charge in [-0.2, -0.15) is 0 Å². The molecule has 4 rings (SSSR count). The number of halogens is 4. The summed E-state index contributed by atoms with van der Waals surface area (Å²) in [6, 6.07) is 12.9. The van der Waals surface area contributed by atoms with Crippen LogP contribution in [0.3, 0.4) is 0 Å². The Kier molecular flexibility index (Phi) is 7.35. The van der Waals surface area contributed by atoms with Gasteiger partial charge in [-0.3, -0.25) is 9.59 Å². The molecule has 1 atom stereocenters. The number of piperidine rings is 1. The van der Waals surface area contributed by atoms with E-state index in [0.29, 0.717) is 30.0 Å². The van der Waals surface area contributed by atoms with E-state index in [1.54, 1.807) is 29.2 Å². The van der Waals surface area contributed by atoms with E-state index in [4.69, 9.17) is 16.0 Å². The number of benzene rings is 2. The first-order valence-corrected chi connectivity index (χ1v) is 11.4. The van der Waals surface area contributed by atoms with Crippen LogP contribution in [0.1, 0.15) is 25.0 Å². The summed E-state index contributed by atoms with van der Waals surface area (Å²) in [5.41, 5.74) is 0.842. The number of para-hydroxylation sites is 1. The number of nitrogens with zero attached hydrogens (tertiary/aromatic N) is 1. The number of furan rings is 1. The van der Waals surface area contributed by atoms with Gasteiger partial charge in [0.15, 0.2) is 0 Å². The molecule has 1 aliphatic heterocycles. The van der Waals surface area contributed by atoms with Crippen molar-refractivity contribution in [2.75, 3.05) is 11.9 Å². The molecule has 1 fully saturated rings. The number of hydrogen-bond donors (Lipinski definition) is 1. The fourth-order valence-corrected chi connectivity index (χ4v) is 4.39. The lowest BCUT2D eigenvalue weighted by Crippen LogP contribution is -2.50. The maximum absolute atomic E-state index is 13.0. The first-order valence-electron chi connectivity index (χ1n) is 11.0. The third kappa shape index (κ3) is 6.16.